The van der Waals surface area contributed by atoms with E-state index in [1.165, 1.54) is 38.5 Å². The third kappa shape index (κ3) is 19.3. The molecule has 0 fully saturated rings. The van der Waals surface area contributed by atoms with Crippen molar-refractivity contribution in [3.05, 3.63) is 0 Å². The molecular formula is C22H42O4. The average Bonchev–Trinajstić information content (AvgIpc) is 2.59. The van der Waals surface area contributed by atoms with Crippen molar-refractivity contribution in [2.24, 2.45) is 11.8 Å². The number of hydrogen-bond donors (Lipinski definition) is 0. The van der Waals surface area contributed by atoms with Crippen molar-refractivity contribution in [3.8, 4) is 0 Å². The van der Waals surface area contributed by atoms with E-state index in [4.69, 9.17) is 9.47 Å². The van der Waals surface area contributed by atoms with Gasteiger partial charge in [-0.05, 0) is 24.7 Å². The summed E-state index contributed by atoms with van der Waals surface area (Å²) in [5.74, 6) is 0.730. The molecular weight excluding hydrogens is 328 g/mol. The van der Waals surface area contributed by atoms with Crippen LogP contribution in [0.3, 0.4) is 0 Å². The predicted octanol–water partition coefficient (Wildman–Crippen LogP) is 6.07. The molecule has 26 heavy (non-hydrogen) atoms. The molecule has 0 amide bonds. The maximum absolute atomic E-state index is 11.5. The Morgan fingerprint density at radius 2 is 0.808 bits per heavy atom. The van der Waals surface area contributed by atoms with Crippen molar-refractivity contribution >= 4 is 11.9 Å². The third-order valence-electron chi connectivity index (χ3n) is 4.17. The molecule has 0 spiro atoms. The van der Waals surface area contributed by atoms with Crippen LogP contribution in [0.25, 0.3) is 0 Å². The quantitative estimate of drug-likeness (QED) is 0.230. The first kappa shape index (κ1) is 24.9. The third-order valence-corrected chi connectivity index (χ3v) is 4.17. The van der Waals surface area contributed by atoms with Crippen molar-refractivity contribution in [2.75, 3.05) is 13.2 Å². The van der Waals surface area contributed by atoms with Gasteiger partial charge in [-0.2, -0.15) is 0 Å². The number of hydrogen-bond acceptors (Lipinski definition) is 4. The van der Waals surface area contributed by atoms with Crippen LogP contribution in [0.4, 0.5) is 0 Å². The van der Waals surface area contributed by atoms with Gasteiger partial charge in [-0.15, -0.1) is 0 Å². The second-order valence-electron chi connectivity index (χ2n) is 8.19. The van der Waals surface area contributed by atoms with Gasteiger partial charge >= 0.3 is 11.9 Å². The molecule has 0 aliphatic heterocycles. The second kappa shape index (κ2) is 17.4. The Bertz CT molecular complexity index is 316. The summed E-state index contributed by atoms with van der Waals surface area (Å²) >= 11 is 0. The molecule has 0 unspecified atom stereocenters. The Kier molecular flexibility index (Phi) is 16.7. The summed E-state index contributed by atoms with van der Waals surface area (Å²) in [6, 6.07) is 0. The largest absolute Gasteiger partial charge is 0.465 e. The summed E-state index contributed by atoms with van der Waals surface area (Å²) in [5, 5.41) is 0. The van der Waals surface area contributed by atoms with Crippen molar-refractivity contribution in [2.45, 2.75) is 105 Å². The van der Waals surface area contributed by atoms with Crippen LogP contribution in [0, 0.1) is 11.8 Å². The number of esters is 2. The van der Waals surface area contributed by atoms with Crippen molar-refractivity contribution in [1.82, 2.24) is 0 Å². The number of carbonyl (C=O) groups is 2. The van der Waals surface area contributed by atoms with Crippen molar-refractivity contribution in [1.29, 1.82) is 0 Å². The highest BCUT2D eigenvalue weighted by molar-refractivity contribution is 5.69. The smallest absolute Gasteiger partial charge is 0.305 e. The lowest BCUT2D eigenvalue weighted by atomic mass is 10.1. The van der Waals surface area contributed by atoms with E-state index in [0.717, 1.165) is 25.7 Å². The van der Waals surface area contributed by atoms with Crippen LogP contribution >= 0.6 is 0 Å². The lowest BCUT2D eigenvalue weighted by Gasteiger charge is -2.07. The molecule has 0 atom stereocenters. The van der Waals surface area contributed by atoms with Gasteiger partial charge in [0.2, 0.25) is 0 Å². The fourth-order valence-electron chi connectivity index (χ4n) is 2.62. The van der Waals surface area contributed by atoms with Gasteiger partial charge in [-0.3, -0.25) is 9.59 Å². The second-order valence-corrected chi connectivity index (χ2v) is 8.19. The lowest BCUT2D eigenvalue weighted by molar-refractivity contribution is -0.145. The zero-order chi connectivity index (χ0) is 19.6. The summed E-state index contributed by atoms with van der Waals surface area (Å²) in [6.45, 7) is 9.28. The standard InChI is InChI=1S/C22H42O4/c1-19(2)17-25-21(23)15-13-11-9-7-5-6-8-10-12-14-16-22(24)26-18-20(3)4/h19-20H,5-18H2,1-4H3. The highest BCUT2D eigenvalue weighted by Gasteiger charge is 2.05. The topological polar surface area (TPSA) is 52.6 Å². The van der Waals surface area contributed by atoms with E-state index in [9.17, 15) is 9.59 Å². The maximum Gasteiger partial charge on any atom is 0.305 e. The van der Waals surface area contributed by atoms with Crippen LogP contribution in [0.5, 0.6) is 0 Å². The highest BCUT2D eigenvalue weighted by Crippen LogP contribution is 2.12. The van der Waals surface area contributed by atoms with Crippen LogP contribution in [0.1, 0.15) is 105 Å². The minimum Gasteiger partial charge on any atom is -0.465 e. The number of rotatable bonds is 17. The van der Waals surface area contributed by atoms with Crippen LogP contribution in [-0.2, 0) is 19.1 Å². The normalized spacial score (nSPS) is 11.2. The van der Waals surface area contributed by atoms with Crippen LogP contribution < -0.4 is 0 Å². The summed E-state index contributed by atoms with van der Waals surface area (Å²) in [6.07, 6.45) is 12.7. The molecule has 4 heteroatoms. The predicted molar refractivity (Wildman–Crippen MR) is 107 cm³/mol. The van der Waals surface area contributed by atoms with E-state index >= 15 is 0 Å². The van der Waals surface area contributed by atoms with Gasteiger partial charge in [0.25, 0.3) is 0 Å². The first-order chi connectivity index (χ1) is 12.4. The molecule has 0 heterocycles. The number of carbonyl (C=O) groups excluding carboxylic acids is 2. The number of ether oxygens (including phenoxy) is 2. The molecule has 0 aromatic rings. The first-order valence-corrected chi connectivity index (χ1v) is 10.7. The van der Waals surface area contributed by atoms with Gasteiger partial charge in [0.15, 0.2) is 0 Å². The van der Waals surface area contributed by atoms with Crippen molar-refractivity contribution in [3.63, 3.8) is 0 Å². The van der Waals surface area contributed by atoms with E-state index in [1.807, 2.05) is 0 Å². The van der Waals surface area contributed by atoms with Crippen LogP contribution in [-0.4, -0.2) is 25.2 Å². The molecule has 154 valence electrons. The maximum atomic E-state index is 11.5. The molecule has 0 saturated heterocycles. The highest BCUT2D eigenvalue weighted by atomic mass is 16.5. The van der Waals surface area contributed by atoms with Crippen LogP contribution in [0.2, 0.25) is 0 Å². The zero-order valence-electron chi connectivity index (χ0n) is 17.7. The molecule has 0 saturated carbocycles. The Labute approximate surface area is 161 Å². The van der Waals surface area contributed by atoms with E-state index in [1.54, 1.807) is 0 Å². The molecule has 0 radical (unpaired) electrons. The molecule has 0 aliphatic carbocycles. The fourth-order valence-corrected chi connectivity index (χ4v) is 2.62. The minimum atomic E-state index is -0.0493. The van der Waals surface area contributed by atoms with Gasteiger partial charge in [-0.25, -0.2) is 0 Å². The van der Waals surface area contributed by atoms with E-state index in [2.05, 4.69) is 27.7 Å². The fraction of sp³-hybridized carbons (Fsp3) is 0.909. The number of unbranched alkanes of at least 4 members (excludes halogenated alkanes) is 9. The molecule has 0 bridgehead atoms. The SMILES string of the molecule is CC(C)COC(=O)CCCCCCCCCCCCC(=O)OCC(C)C. The Morgan fingerprint density at radius 3 is 1.08 bits per heavy atom. The molecule has 0 aromatic carbocycles. The molecule has 4 nitrogen and oxygen atoms in total. The van der Waals surface area contributed by atoms with Gasteiger partial charge in [0, 0.05) is 12.8 Å². The van der Waals surface area contributed by atoms with Gasteiger partial charge in [0.1, 0.15) is 0 Å². The molecule has 0 N–H and O–H groups in total. The summed E-state index contributed by atoms with van der Waals surface area (Å²) < 4.78 is 10.3. The average molecular weight is 371 g/mol. The van der Waals surface area contributed by atoms with Gasteiger partial charge < -0.3 is 9.47 Å². The van der Waals surface area contributed by atoms with Gasteiger partial charge in [0.05, 0.1) is 13.2 Å². The minimum absolute atomic E-state index is 0.0493. The summed E-state index contributed by atoms with van der Waals surface area (Å²) in [7, 11) is 0. The Hall–Kier alpha value is -1.06. The first-order valence-electron chi connectivity index (χ1n) is 10.7. The molecule has 0 rings (SSSR count). The van der Waals surface area contributed by atoms with E-state index < -0.39 is 0 Å². The van der Waals surface area contributed by atoms with E-state index in [0.29, 0.717) is 37.9 Å². The van der Waals surface area contributed by atoms with Gasteiger partial charge in [-0.1, -0.05) is 79.1 Å². The molecule has 0 aromatic heterocycles. The Balaban J connectivity index is 3.22. The Morgan fingerprint density at radius 1 is 0.538 bits per heavy atom. The summed E-state index contributed by atoms with van der Waals surface area (Å²) in [5.41, 5.74) is 0. The zero-order valence-corrected chi connectivity index (χ0v) is 17.7. The lowest BCUT2D eigenvalue weighted by Crippen LogP contribution is -2.09. The monoisotopic (exact) mass is 370 g/mol. The molecule has 0 aliphatic rings. The van der Waals surface area contributed by atoms with Crippen molar-refractivity contribution < 1.29 is 19.1 Å². The van der Waals surface area contributed by atoms with Crippen LogP contribution in [0.15, 0.2) is 0 Å². The van der Waals surface area contributed by atoms with E-state index in [-0.39, 0.29) is 11.9 Å². The summed E-state index contributed by atoms with van der Waals surface area (Å²) in [4.78, 5) is 22.9.